The van der Waals surface area contributed by atoms with Gasteiger partial charge in [0.1, 0.15) is 11.5 Å². The summed E-state index contributed by atoms with van der Waals surface area (Å²) in [7, 11) is 0. The van der Waals surface area contributed by atoms with Crippen molar-refractivity contribution >= 4 is 11.6 Å². The third-order valence-electron chi connectivity index (χ3n) is 3.77. The number of nitro benzene ring substituents is 1. The van der Waals surface area contributed by atoms with E-state index in [0.29, 0.717) is 30.0 Å². The lowest BCUT2D eigenvalue weighted by molar-refractivity contribution is -0.384. The summed E-state index contributed by atoms with van der Waals surface area (Å²) in [6.45, 7) is 0.475. The molecule has 0 aliphatic carbocycles. The molecule has 0 spiro atoms. The summed E-state index contributed by atoms with van der Waals surface area (Å²) in [5.41, 5.74) is 1.37. The van der Waals surface area contributed by atoms with Crippen LogP contribution in [0.1, 0.15) is 16.1 Å². The maximum absolute atomic E-state index is 12.3. The Hall–Kier alpha value is -3.74. The zero-order valence-corrected chi connectivity index (χ0v) is 14.4. The molecule has 1 N–H and O–H groups in total. The summed E-state index contributed by atoms with van der Waals surface area (Å²) in [5, 5.41) is 13.5. The number of hydrogen-bond donors (Lipinski definition) is 1. The van der Waals surface area contributed by atoms with Gasteiger partial charge < -0.3 is 10.1 Å². The SMILES string of the molecule is O=C(NCCc1ccccn1)c1cccc(Oc2ccc([N+](=O)[O-])cc2)c1. The number of aromatic nitrogens is 1. The van der Waals surface area contributed by atoms with E-state index < -0.39 is 4.92 Å². The normalized spacial score (nSPS) is 10.2. The molecule has 1 heterocycles. The molecule has 27 heavy (non-hydrogen) atoms. The van der Waals surface area contributed by atoms with Crippen molar-refractivity contribution in [3.05, 3.63) is 94.3 Å². The van der Waals surface area contributed by atoms with Crippen molar-refractivity contribution in [2.45, 2.75) is 6.42 Å². The van der Waals surface area contributed by atoms with Gasteiger partial charge in [0.05, 0.1) is 4.92 Å². The number of hydrogen-bond acceptors (Lipinski definition) is 5. The molecule has 0 atom stereocenters. The number of nitrogens with one attached hydrogen (secondary N) is 1. The number of ether oxygens (including phenoxy) is 1. The van der Waals surface area contributed by atoms with Gasteiger partial charge in [-0.05, 0) is 42.5 Å². The van der Waals surface area contributed by atoms with E-state index in [1.807, 2.05) is 18.2 Å². The Bertz CT molecular complexity index is 927. The van der Waals surface area contributed by atoms with Crippen LogP contribution < -0.4 is 10.1 Å². The van der Waals surface area contributed by atoms with Crippen molar-refractivity contribution in [2.24, 2.45) is 0 Å². The molecule has 1 amide bonds. The lowest BCUT2D eigenvalue weighted by atomic mass is 10.2. The molecule has 0 aliphatic rings. The lowest BCUT2D eigenvalue weighted by Gasteiger charge is -2.08. The van der Waals surface area contributed by atoms with Gasteiger partial charge in [-0.1, -0.05) is 12.1 Å². The molecule has 136 valence electrons. The van der Waals surface area contributed by atoms with Crippen molar-refractivity contribution in [1.82, 2.24) is 10.3 Å². The average molecular weight is 363 g/mol. The predicted molar refractivity (Wildman–Crippen MR) is 99.9 cm³/mol. The Kier molecular flexibility index (Phi) is 5.73. The van der Waals surface area contributed by atoms with E-state index in [4.69, 9.17) is 4.74 Å². The molecular formula is C20H17N3O4. The molecule has 3 aromatic rings. The van der Waals surface area contributed by atoms with E-state index in [-0.39, 0.29) is 11.6 Å². The number of amides is 1. The first kappa shape index (κ1) is 18.1. The predicted octanol–water partition coefficient (Wildman–Crippen LogP) is 3.75. The van der Waals surface area contributed by atoms with Gasteiger partial charge in [-0.15, -0.1) is 0 Å². The zero-order chi connectivity index (χ0) is 19.1. The minimum atomic E-state index is -0.473. The van der Waals surface area contributed by atoms with E-state index in [2.05, 4.69) is 10.3 Å². The number of carbonyl (C=O) groups excluding carboxylic acids is 1. The lowest BCUT2D eigenvalue weighted by Crippen LogP contribution is -2.25. The van der Waals surface area contributed by atoms with E-state index in [1.54, 1.807) is 30.5 Å². The fourth-order valence-corrected chi connectivity index (χ4v) is 2.42. The zero-order valence-electron chi connectivity index (χ0n) is 14.4. The molecule has 7 heteroatoms. The van der Waals surface area contributed by atoms with E-state index >= 15 is 0 Å². The standard InChI is InChI=1S/C20H17N3O4/c24-20(22-13-11-16-5-1-2-12-21-16)15-4-3-6-19(14-15)27-18-9-7-17(8-10-18)23(25)26/h1-10,12,14H,11,13H2,(H,22,24). The number of carbonyl (C=O) groups is 1. The number of non-ortho nitro benzene ring substituents is 1. The highest BCUT2D eigenvalue weighted by atomic mass is 16.6. The monoisotopic (exact) mass is 363 g/mol. The van der Waals surface area contributed by atoms with Crippen LogP contribution in [0.4, 0.5) is 5.69 Å². The van der Waals surface area contributed by atoms with Gasteiger partial charge in [-0.25, -0.2) is 0 Å². The van der Waals surface area contributed by atoms with Crippen LogP contribution in [-0.2, 0) is 6.42 Å². The quantitative estimate of drug-likeness (QED) is 0.509. The maximum Gasteiger partial charge on any atom is 0.269 e. The molecule has 0 aliphatic heterocycles. The second-order valence-electron chi connectivity index (χ2n) is 5.71. The second kappa shape index (κ2) is 8.57. The van der Waals surface area contributed by atoms with Gasteiger partial charge in [0.15, 0.2) is 0 Å². The van der Waals surface area contributed by atoms with Gasteiger partial charge in [-0.3, -0.25) is 19.9 Å². The number of nitrogens with zero attached hydrogens (tertiary/aromatic N) is 2. The summed E-state index contributed by atoms with van der Waals surface area (Å²) in [6, 6.07) is 18.2. The Morgan fingerprint density at radius 3 is 2.56 bits per heavy atom. The molecule has 0 radical (unpaired) electrons. The van der Waals surface area contributed by atoms with Crippen molar-refractivity contribution < 1.29 is 14.5 Å². The van der Waals surface area contributed by atoms with E-state index in [1.165, 1.54) is 24.3 Å². The van der Waals surface area contributed by atoms with Crippen LogP contribution in [0.15, 0.2) is 72.9 Å². The topological polar surface area (TPSA) is 94.4 Å². The highest BCUT2D eigenvalue weighted by Crippen LogP contribution is 2.24. The van der Waals surface area contributed by atoms with Gasteiger partial charge in [0, 0.05) is 42.6 Å². The van der Waals surface area contributed by atoms with Crippen LogP contribution in [0.2, 0.25) is 0 Å². The molecule has 0 saturated heterocycles. The van der Waals surface area contributed by atoms with Gasteiger partial charge in [0.25, 0.3) is 11.6 Å². The third kappa shape index (κ3) is 5.12. The average Bonchev–Trinajstić information content (AvgIpc) is 2.69. The van der Waals surface area contributed by atoms with Crippen molar-refractivity contribution in [2.75, 3.05) is 6.54 Å². The number of nitro groups is 1. The molecule has 3 rings (SSSR count). The summed E-state index contributed by atoms with van der Waals surface area (Å²) in [5.74, 6) is 0.717. The Balaban J connectivity index is 1.59. The molecule has 0 saturated carbocycles. The molecule has 0 fully saturated rings. The van der Waals surface area contributed by atoms with Crippen LogP contribution in [0, 0.1) is 10.1 Å². The number of pyridine rings is 1. The van der Waals surface area contributed by atoms with Crippen LogP contribution in [0.3, 0.4) is 0 Å². The fourth-order valence-electron chi connectivity index (χ4n) is 2.42. The van der Waals surface area contributed by atoms with Gasteiger partial charge in [0.2, 0.25) is 0 Å². The smallest absolute Gasteiger partial charge is 0.269 e. The summed E-state index contributed by atoms with van der Waals surface area (Å²) in [4.78, 5) is 26.7. The summed E-state index contributed by atoms with van der Waals surface area (Å²) < 4.78 is 5.67. The highest BCUT2D eigenvalue weighted by molar-refractivity contribution is 5.94. The molecule has 2 aromatic carbocycles. The van der Waals surface area contributed by atoms with E-state index in [0.717, 1.165) is 5.69 Å². The molecule has 7 nitrogen and oxygen atoms in total. The van der Waals surface area contributed by atoms with Crippen molar-refractivity contribution in [3.63, 3.8) is 0 Å². The Labute approximate surface area is 155 Å². The minimum absolute atomic E-state index is 0.0108. The first-order chi connectivity index (χ1) is 13.1. The van der Waals surface area contributed by atoms with Crippen LogP contribution in [0.5, 0.6) is 11.5 Å². The van der Waals surface area contributed by atoms with Crippen molar-refractivity contribution in [3.8, 4) is 11.5 Å². The third-order valence-corrected chi connectivity index (χ3v) is 3.77. The fraction of sp³-hybridized carbons (Fsp3) is 0.100. The minimum Gasteiger partial charge on any atom is -0.457 e. The van der Waals surface area contributed by atoms with Gasteiger partial charge in [-0.2, -0.15) is 0 Å². The second-order valence-corrected chi connectivity index (χ2v) is 5.71. The Morgan fingerprint density at radius 2 is 1.85 bits per heavy atom. The molecular weight excluding hydrogens is 346 g/mol. The largest absolute Gasteiger partial charge is 0.457 e. The first-order valence-corrected chi connectivity index (χ1v) is 8.32. The van der Waals surface area contributed by atoms with E-state index in [9.17, 15) is 14.9 Å². The first-order valence-electron chi connectivity index (χ1n) is 8.32. The van der Waals surface area contributed by atoms with Crippen LogP contribution in [0.25, 0.3) is 0 Å². The number of rotatable bonds is 7. The van der Waals surface area contributed by atoms with Crippen LogP contribution >= 0.6 is 0 Å². The molecule has 0 unspecified atom stereocenters. The Morgan fingerprint density at radius 1 is 1.04 bits per heavy atom. The van der Waals surface area contributed by atoms with Crippen molar-refractivity contribution in [1.29, 1.82) is 0 Å². The molecule has 1 aromatic heterocycles. The van der Waals surface area contributed by atoms with Crippen LogP contribution in [-0.4, -0.2) is 22.4 Å². The summed E-state index contributed by atoms with van der Waals surface area (Å²) >= 11 is 0. The summed E-state index contributed by atoms with van der Waals surface area (Å²) in [6.07, 6.45) is 2.36. The highest BCUT2D eigenvalue weighted by Gasteiger charge is 2.08. The molecule has 0 bridgehead atoms. The number of benzene rings is 2. The van der Waals surface area contributed by atoms with Gasteiger partial charge >= 0.3 is 0 Å². The maximum atomic E-state index is 12.3.